The lowest BCUT2D eigenvalue weighted by Crippen LogP contribution is -2.37. The zero-order chi connectivity index (χ0) is 17.0. The minimum absolute atomic E-state index is 0.0228. The molecule has 0 saturated carbocycles. The van der Waals surface area contributed by atoms with Crippen molar-refractivity contribution in [3.05, 3.63) is 41.9 Å². The molecular weight excluding hydrogens is 346 g/mol. The van der Waals surface area contributed by atoms with Gasteiger partial charge in [-0.15, -0.1) is 11.3 Å². The fraction of sp³-hybridized carbons (Fsp3) is 0.375. The van der Waals surface area contributed by atoms with Gasteiger partial charge in [-0.2, -0.15) is 0 Å². The Morgan fingerprint density at radius 1 is 1.33 bits per heavy atom. The first kappa shape index (κ1) is 16.9. The van der Waals surface area contributed by atoms with Crippen LogP contribution < -0.4 is 10.2 Å². The summed E-state index contributed by atoms with van der Waals surface area (Å²) >= 11 is 1.58. The summed E-state index contributed by atoms with van der Waals surface area (Å²) in [4.78, 5) is 18.7. The van der Waals surface area contributed by atoms with Crippen LogP contribution in [0.1, 0.15) is 12.8 Å². The topological polar surface area (TPSA) is 79.4 Å². The van der Waals surface area contributed by atoms with Crippen LogP contribution in [-0.4, -0.2) is 44.2 Å². The molecule has 0 spiro atoms. The number of amides is 1. The summed E-state index contributed by atoms with van der Waals surface area (Å²) in [6.45, 7) is 1.56. The number of hydrogen-bond donors (Lipinski definition) is 1. The summed E-state index contributed by atoms with van der Waals surface area (Å²) in [5.74, 6) is -0.397. The number of nitrogens with zero attached hydrogens (tertiary/aromatic N) is 2. The van der Waals surface area contributed by atoms with Gasteiger partial charge in [-0.25, -0.2) is 13.4 Å². The molecular formula is C16H19N3O3S2. The van der Waals surface area contributed by atoms with Gasteiger partial charge in [-0.1, -0.05) is 18.2 Å². The van der Waals surface area contributed by atoms with Crippen molar-refractivity contribution >= 4 is 32.2 Å². The Labute approximate surface area is 145 Å². The second kappa shape index (κ2) is 7.31. The fourth-order valence-electron chi connectivity index (χ4n) is 2.70. The molecule has 0 bridgehead atoms. The van der Waals surface area contributed by atoms with Crippen LogP contribution in [0.2, 0.25) is 0 Å². The van der Waals surface area contributed by atoms with Crippen molar-refractivity contribution in [2.45, 2.75) is 23.8 Å². The van der Waals surface area contributed by atoms with Gasteiger partial charge in [0.05, 0.1) is 10.6 Å². The van der Waals surface area contributed by atoms with E-state index in [1.807, 2.05) is 5.38 Å². The van der Waals surface area contributed by atoms with Crippen LogP contribution in [-0.2, 0) is 14.6 Å². The highest BCUT2D eigenvalue weighted by Gasteiger charge is 2.26. The van der Waals surface area contributed by atoms with Gasteiger partial charge in [0.25, 0.3) is 0 Å². The van der Waals surface area contributed by atoms with E-state index in [0.29, 0.717) is 6.54 Å². The zero-order valence-corrected chi connectivity index (χ0v) is 14.7. The molecule has 0 aliphatic carbocycles. The van der Waals surface area contributed by atoms with E-state index in [1.54, 1.807) is 47.9 Å². The van der Waals surface area contributed by atoms with Crippen LogP contribution in [0.3, 0.4) is 0 Å². The molecule has 1 saturated heterocycles. The van der Waals surface area contributed by atoms with Crippen molar-refractivity contribution < 1.29 is 13.2 Å². The zero-order valence-electron chi connectivity index (χ0n) is 13.1. The third kappa shape index (κ3) is 4.12. The summed E-state index contributed by atoms with van der Waals surface area (Å²) in [5.41, 5.74) is 0. The molecule has 8 heteroatoms. The largest absolute Gasteiger partial charge is 0.351 e. The Hall–Kier alpha value is -1.93. The highest BCUT2D eigenvalue weighted by atomic mass is 32.2. The monoisotopic (exact) mass is 365 g/mol. The molecule has 0 unspecified atom stereocenters. The first-order valence-corrected chi connectivity index (χ1v) is 10.3. The highest BCUT2D eigenvalue weighted by Crippen LogP contribution is 2.22. The number of aromatic nitrogens is 1. The lowest BCUT2D eigenvalue weighted by atomic mass is 10.2. The van der Waals surface area contributed by atoms with E-state index < -0.39 is 9.84 Å². The smallest absolute Gasteiger partial charge is 0.221 e. The molecule has 1 aromatic carbocycles. The maximum Gasteiger partial charge on any atom is 0.221 e. The number of carbonyl (C=O) groups is 1. The number of benzene rings is 1. The molecule has 24 heavy (non-hydrogen) atoms. The maximum atomic E-state index is 12.2. The van der Waals surface area contributed by atoms with E-state index in [2.05, 4.69) is 15.2 Å². The minimum atomic E-state index is -3.41. The Morgan fingerprint density at radius 3 is 2.83 bits per heavy atom. The molecule has 1 N–H and O–H groups in total. The molecule has 1 aromatic heterocycles. The number of hydrogen-bond acceptors (Lipinski definition) is 6. The van der Waals surface area contributed by atoms with Gasteiger partial charge in [0.2, 0.25) is 5.91 Å². The normalized spacial score (nSPS) is 17.8. The van der Waals surface area contributed by atoms with Crippen molar-refractivity contribution in [1.29, 1.82) is 0 Å². The molecule has 1 atom stereocenters. The van der Waals surface area contributed by atoms with Crippen LogP contribution in [0.25, 0.3) is 0 Å². The number of thiazole rings is 1. The number of carbonyl (C=O) groups excluding carboxylic acids is 1. The van der Waals surface area contributed by atoms with E-state index in [0.717, 1.165) is 18.1 Å². The molecule has 2 aromatic rings. The van der Waals surface area contributed by atoms with Crippen molar-refractivity contribution in [2.24, 2.45) is 0 Å². The molecule has 3 rings (SSSR count). The third-order valence-electron chi connectivity index (χ3n) is 3.94. The average molecular weight is 365 g/mol. The maximum absolute atomic E-state index is 12.2. The van der Waals surface area contributed by atoms with Crippen molar-refractivity contribution in [3.63, 3.8) is 0 Å². The Bertz CT molecular complexity index is 776. The van der Waals surface area contributed by atoms with Crippen molar-refractivity contribution in [2.75, 3.05) is 23.7 Å². The van der Waals surface area contributed by atoms with E-state index in [4.69, 9.17) is 0 Å². The quantitative estimate of drug-likeness (QED) is 0.843. The molecule has 0 radical (unpaired) electrons. The van der Waals surface area contributed by atoms with Crippen LogP contribution in [0.15, 0.2) is 46.8 Å². The number of rotatable bonds is 6. The summed E-state index contributed by atoms with van der Waals surface area (Å²) < 4.78 is 24.4. The third-order valence-corrected chi connectivity index (χ3v) is 6.51. The van der Waals surface area contributed by atoms with Crippen molar-refractivity contribution in [3.8, 4) is 0 Å². The molecule has 1 fully saturated rings. The van der Waals surface area contributed by atoms with Gasteiger partial charge in [0, 0.05) is 37.1 Å². The molecule has 1 amide bonds. The lowest BCUT2D eigenvalue weighted by molar-refractivity contribution is -0.121. The Balaban J connectivity index is 1.48. The van der Waals surface area contributed by atoms with E-state index >= 15 is 0 Å². The summed E-state index contributed by atoms with van der Waals surface area (Å²) in [7, 11) is -3.41. The van der Waals surface area contributed by atoms with E-state index in [1.165, 1.54) is 0 Å². The van der Waals surface area contributed by atoms with Crippen LogP contribution in [0.5, 0.6) is 0 Å². The number of anilines is 1. The van der Waals surface area contributed by atoms with Crippen molar-refractivity contribution in [1.82, 2.24) is 10.3 Å². The van der Waals surface area contributed by atoms with Crippen LogP contribution >= 0.6 is 11.3 Å². The summed E-state index contributed by atoms with van der Waals surface area (Å²) in [6, 6.07) is 8.27. The SMILES string of the molecule is O=C(CCS(=O)(=O)c1ccccc1)N[C@H]1CCN(c2nccs2)C1. The number of sulfone groups is 1. The van der Waals surface area contributed by atoms with E-state index in [9.17, 15) is 13.2 Å². The summed E-state index contributed by atoms with van der Waals surface area (Å²) in [5, 5.41) is 5.81. The predicted molar refractivity (Wildman–Crippen MR) is 94.0 cm³/mol. The fourth-order valence-corrected chi connectivity index (χ4v) is 4.64. The predicted octanol–water partition coefficient (Wildman–Crippen LogP) is 1.70. The van der Waals surface area contributed by atoms with Gasteiger partial charge < -0.3 is 10.2 Å². The van der Waals surface area contributed by atoms with Gasteiger partial charge in [0.15, 0.2) is 15.0 Å². The standard InChI is InChI=1S/C16H19N3O3S2/c20-15(7-11-24(21,22)14-4-2-1-3-5-14)18-13-6-9-19(12-13)16-17-8-10-23-16/h1-5,8,10,13H,6-7,9,11-12H2,(H,18,20)/t13-/m0/s1. The molecule has 1 aliphatic heterocycles. The van der Waals surface area contributed by atoms with E-state index in [-0.39, 0.29) is 29.0 Å². The van der Waals surface area contributed by atoms with Gasteiger partial charge >= 0.3 is 0 Å². The second-order valence-electron chi connectivity index (χ2n) is 5.70. The van der Waals surface area contributed by atoms with Gasteiger partial charge in [0.1, 0.15) is 0 Å². The average Bonchev–Trinajstić information content (AvgIpc) is 3.25. The second-order valence-corrected chi connectivity index (χ2v) is 8.68. The van der Waals surface area contributed by atoms with Gasteiger partial charge in [-0.3, -0.25) is 4.79 Å². The first-order valence-electron chi connectivity index (χ1n) is 7.76. The molecule has 2 heterocycles. The van der Waals surface area contributed by atoms with Crippen LogP contribution in [0.4, 0.5) is 5.13 Å². The van der Waals surface area contributed by atoms with Gasteiger partial charge in [-0.05, 0) is 18.6 Å². The highest BCUT2D eigenvalue weighted by molar-refractivity contribution is 7.91. The Morgan fingerprint density at radius 2 is 2.12 bits per heavy atom. The lowest BCUT2D eigenvalue weighted by Gasteiger charge is -2.15. The minimum Gasteiger partial charge on any atom is -0.351 e. The molecule has 6 nitrogen and oxygen atoms in total. The van der Waals surface area contributed by atoms with Crippen LogP contribution in [0, 0.1) is 0 Å². The number of nitrogens with one attached hydrogen (secondary N) is 1. The summed E-state index contributed by atoms with van der Waals surface area (Å²) in [6.07, 6.45) is 2.59. The molecule has 128 valence electrons. The first-order chi connectivity index (χ1) is 11.5. The Kier molecular flexibility index (Phi) is 5.15. The molecule has 1 aliphatic rings.